The van der Waals surface area contributed by atoms with Gasteiger partial charge in [0, 0.05) is 0 Å². The number of carbonyl (C=O) groups excluding carboxylic acids is 1. The van der Waals surface area contributed by atoms with Crippen molar-refractivity contribution in [2.45, 2.75) is 249 Å². The molecule has 1 fully saturated rings. The van der Waals surface area contributed by atoms with E-state index in [1.54, 1.807) is 0 Å². The van der Waals surface area contributed by atoms with Crippen LogP contribution in [0, 0.1) is 0 Å². The Labute approximate surface area is 364 Å². The third-order valence-electron chi connectivity index (χ3n) is 11.3. The van der Waals surface area contributed by atoms with Crippen molar-refractivity contribution in [1.29, 1.82) is 0 Å². The summed E-state index contributed by atoms with van der Waals surface area (Å²) in [5.74, 6) is -0.710. The Morgan fingerprint density at radius 3 is 1.55 bits per heavy atom. The highest BCUT2D eigenvalue weighted by Gasteiger charge is 2.48. The quantitative estimate of drug-likeness (QED) is 0.0176. The molecule has 0 aliphatic carbocycles. The van der Waals surface area contributed by atoms with Crippen molar-refractivity contribution in [2.24, 2.45) is 0 Å². The van der Waals surface area contributed by atoms with Crippen LogP contribution < -0.4 is 5.32 Å². The van der Waals surface area contributed by atoms with Crippen LogP contribution in [0.1, 0.15) is 200 Å². The lowest BCUT2D eigenvalue weighted by atomic mass is 9.99. The van der Waals surface area contributed by atoms with Crippen molar-refractivity contribution in [3.63, 3.8) is 0 Å². The third-order valence-corrected chi connectivity index (χ3v) is 11.8. The summed E-state index contributed by atoms with van der Waals surface area (Å²) in [6, 6.07) is -1.12. The molecule has 0 aromatic heterocycles. The Bertz CT molecular complexity index is 1190. The number of carbonyl (C=O) groups is 1. The van der Waals surface area contributed by atoms with Gasteiger partial charge in [-0.25, -0.2) is 4.18 Å². The normalized spacial score (nSPS) is 21.5. The average molecular weight is 878 g/mol. The lowest BCUT2D eigenvalue weighted by Gasteiger charge is -2.41. The number of ether oxygens (including phenoxy) is 2. The number of unbranched alkanes of at least 4 members (excludes halogenated alkanes) is 25. The van der Waals surface area contributed by atoms with E-state index in [9.17, 15) is 43.3 Å². The Balaban J connectivity index is 2.59. The molecular formula is C46H87NO12S. The van der Waals surface area contributed by atoms with E-state index in [1.807, 2.05) is 6.08 Å². The van der Waals surface area contributed by atoms with E-state index in [1.165, 1.54) is 122 Å². The molecule has 8 atom stereocenters. The number of hydrogen-bond donors (Lipinski definition) is 7. The molecule has 8 unspecified atom stereocenters. The van der Waals surface area contributed by atoms with E-state index in [-0.39, 0.29) is 6.42 Å². The van der Waals surface area contributed by atoms with Crippen LogP contribution in [0.3, 0.4) is 0 Å². The van der Waals surface area contributed by atoms with E-state index >= 15 is 0 Å². The summed E-state index contributed by atoms with van der Waals surface area (Å²) < 4.78 is 47.5. The second-order valence-corrected chi connectivity index (χ2v) is 17.9. The molecule has 0 saturated carbocycles. The van der Waals surface area contributed by atoms with Crippen molar-refractivity contribution in [3.05, 3.63) is 24.3 Å². The van der Waals surface area contributed by atoms with Gasteiger partial charge in [-0.3, -0.25) is 9.35 Å². The van der Waals surface area contributed by atoms with Gasteiger partial charge in [-0.1, -0.05) is 179 Å². The van der Waals surface area contributed by atoms with Crippen molar-refractivity contribution in [1.82, 2.24) is 5.32 Å². The van der Waals surface area contributed by atoms with Crippen LogP contribution in [0.5, 0.6) is 0 Å². The molecule has 60 heavy (non-hydrogen) atoms. The van der Waals surface area contributed by atoms with Gasteiger partial charge in [-0.15, -0.1) is 0 Å². The molecule has 1 amide bonds. The Morgan fingerprint density at radius 2 is 1.10 bits per heavy atom. The van der Waals surface area contributed by atoms with Gasteiger partial charge in [0.15, 0.2) is 6.29 Å². The molecule has 0 bridgehead atoms. The van der Waals surface area contributed by atoms with Gasteiger partial charge < -0.3 is 40.3 Å². The zero-order valence-electron chi connectivity index (χ0n) is 37.4. The first kappa shape index (κ1) is 56.6. The van der Waals surface area contributed by atoms with Gasteiger partial charge in [0.2, 0.25) is 5.91 Å². The van der Waals surface area contributed by atoms with Crippen LogP contribution in [0.15, 0.2) is 24.3 Å². The number of aliphatic hydroxyl groups excluding tert-OH is 5. The maximum absolute atomic E-state index is 13.1. The number of aliphatic hydroxyl groups is 5. The van der Waals surface area contributed by atoms with Crippen LogP contribution in [0.4, 0.5) is 0 Å². The van der Waals surface area contributed by atoms with Crippen molar-refractivity contribution < 1.29 is 57.0 Å². The fraction of sp³-hybridized carbons (Fsp3) is 0.891. The molecule has 1 saturated heterocycles. The topological polar surface area (TPSA) is 212 Å². The molecule has 0 radical (unpaired) electrons. The first-order chi connectivity index (χ1) is 28.9. The lowest BCUT2D eigenvalue weighted by molar-refractivity contribution is -0.298. The summed E-state index contributed by atoms with van der Waals surface area (Å²) in [7, 11) is -5.12. The maximum atomic E-state index is 13.1. The van der Waals surface area contributed by atoms with E-state index < -0.39 is 78.5 Å². The molecule has 13 nitrogen and oxygen atoms in total. The number of amides is 1. The zero-order chi connectivity index (χ0) is 44.3. The highest BCUT2D eigenvalue weighted by atomic mass is 32.3. The van der Waals surface area contributed by atoms with Gasteiger partial charge in [-0.2, -0.15) is 8.42 Å². The summed E-state index contributed by atoms with van der Waals surface area (Å²) >= 11 is 0. The Morgan fingerprint density at radius 1 is 0.667 bits per heavy atom. The highest BCUT2D eigenvalue weighted by molar-refractivity contribution is 7.80. The van der Waals surface area contributed by atoms with Gasteiger partial charge in [0.25, 0.3) is 0 Å². The Hall–Kier alpha value is -1.46. The Kier molecular flexibility index (Phi) is 34.8. The average Bonchev–Trinajstić information content (AvgIpc) is 3.22. The van der Waals surface area contributed by atoms with Gasteiger partial charge >= 0.3 is 10.4 Å². The van der Waals surface area contributed by atoms with Crippen LogP contribution in [-0.4, -0.2) is 107 Å². The fourth-order valence-corrected chi connectivity index (χ4v) is 8.02. The highest BCUT2D eigenvalue weighted by Crippen LogP contribution is 2.26. The number of rotatable bonds is 40. The van der Waals surface area contributed by atoms with E-state index in [0.717, 1.165) is 51.4 Å². The van der Waals surface area contributed by atoms with Gasteiger partial charge in [-0.05, 0) is 44.9 Å². The van der Waals surface area contributed by atoms with Crippen LogP contribution in [0.2, 0.25) is 0 Å². The summed E-state index contributed by atoms with van der Waals surface area (Å²) in [6.45, 7) is 3.21. The van der Waals surface area contributed by atoms with E-state index in [0.29, 0.717) is 12.8 Å². The summed E-state index contributed by atoms with van der Waals surface area (Å²) in [4.78, 5) is 13.1. The first-order valence-corrected chi connectivity index (χ1v) is 25.2. The van der Waals surface area contributed by atoms with Gasteiger partial charge in [0.05, 0.1) is 25.4 Å². The monoisotopic (exact) mass is 878 g/mol. The van der Waals surface area contributed by atoms with Crippen molar-refractivity contribution in [3.8, 4) is 0 Å². The maximum Gasteiger partial charge on any atom is 0.397 e. The van der Waals surface area contributed by atoms with Crippen molar-refractivity contribution in [2.75, 3.05) is 13.2 Å². The van der Waals surface area contributed by atoms with Crippen molar-refractivity contribution >= 4 is 16.3 Å². The molecule has 0 aromatic carbocycles. The standard InChI is InChI=1S/C46H87NO12S/c1-3-5-7-9-11-13-15-17-19-21-22-24-26-28-30-32-34-39(49)38(37-57-46-43(52)44(59-60(54,55)56)42(51)41(36-48)58-46)47-45(53)40(50)35-33-31-29-27-25-23-20-18-16-14-12-10-8-6-4-2/h20,23,32,34,38-44,46,48-52H,3-19,21-22,24-31,33,35-37H2,1-2H3,(H,47,53)(H,54,55,56)/b23-20-,34-32+. The van der Waals surface area contributed by atoms with Crippen LogP contribution in [0.25, 0.3) is 0 Å². The number of allylic oxidation sites excluding steroid dienone is 3. The fourth-order valence-electron chi connectivity index (χ4n) is 7.51. The summed E-state index contributed by atoms with van der Waals surface area (Å²) in [5, 5.41) is 55.2. The minimum atomic E-state index is -5.12. The molecule has 14 heteroatoms. The SMILES string of the molecule is CCCCCCCCC/C=C\CCCCCCC(O)C(=O)NC(COC1OC(CO)C(O)C(OS(=O)(=O)O)C1O)C(O)/C=C/CCCCCCCCCCCCCCCC. The number of hydrogen-bond acceptors (Lipinski definition) is 11. The molecule has 0 spiro atoms. The second kappa shape index (κ2) is 37.0. The molecule has 1 heterocycles. The summed E-state index contributed by atoms with van der Waals surface area (Å²) in [5.41, 5.74) is 0. The molecule has 354 valence electrons. The predicted molar refractivity (Wildman–Crippen MR) is 238 cm³/mol. The van der Waals surface area contributed by atoms with Crippen LogP contribution in [-0.2, 0) is 28.9 Å². The third kappa shape index (κ3) is 29.0. The van der Waals surface area contributed by atoms with Crippen LogP contribution >= 0.6 is 0 Å². The lowest BCUT2D eigenvalue weighted by Crippen LogP contribution is -2.61. The summed E-state index contributed by atoms with van der Waals surface area (Å²) in [6.07, 6.45) is 29.7. The van der Waals surface area contributed by atoms with E-state index in [4.69, 9.17) is 9.47 Å². The minimum Gasteiger partial charge on any atom is -0.394 e. The molecule has 7 N–H and O–H groups in total. The van der Waals surface area contributed by atoms with Gasteiger partial charge in [0.1, 0.15) is 30.5 Å². The largest absolute Gasteiger partial charge is 0.397 e. The first-order valence-electron chi connectivity index (χ1n) is 23.8. The number of nitrogens with one attached hydrogen (secondary N) is 1. The molecule has 1 aliphatic heterocycles. The smallest absolute Gasteiger partial charge is 0.394 e. The van der Waals surface area contributed by atoms with E-state index in [2.05, 4.69) is 35.5 Å². The minimum absolute atomic E-state index is 0.230. The zero-order valence-corrected chi connectivity index (χ0v) is 38.2. The second-order valence-electron chi connectivity index (χ2n) is 16.8. The molecule has 0 aromatic rings. The predicted octanol–water partition coefficient (Wildman–Crippen LogP) is 8.30. The molecule has 1 rings (SSSR count). The molecular weight excluding hydrogens is 791 g/mol. The molecule has 1 aliphatic rings.